The summed E-state index contributed by atoms with van der Waals surface area (Å²) in [6, 6.07) is 5.90. The first kappa shape index (κ1) is 14.3. The minimum Gasteiger partial charge on any atom is -0.409 e. The lowest BCUT2D eigenvalue weighted by molar-refractivity contribution is -0.121. The Kier molecular flexibility index (Phi) is 4.22. The van der Waals surface area contributed by atoms with Crippen LogP contribution in [0.15, 0.2) is 29.4 Å². The minimum atomic E-state index is -0.765. The van der Waals surface area contributed by atoms with E-state index in [0.29, 0.717) is 18.4 Å². The lowest BCUT2D eigenvalue weighted by atomic mass is 9.95. The predicted molar refractivity (Wildman–Crippen MR) is 72.9 cm³/mol. The highest BCUT2D eigenvalue weighted by molar-refractivity contribution is 5.94. The highest BCUT2D eigenvalue weighted by Crippen LogP contribution is 2.30. The minimum absolute atomic E-state index is 0.0302. The van der Waals surface area contributed by atoms with Gasteiger partial charge in [-0.05, 0) is 30.5 Å². The Morgan fingerprint density at radius 1 is 1.45 bits per heavy atom. The maximum absolute atomic E-state index is 13.1. The number of carbonyl (C=O) groups excluding carboxylic acids is 1. The van der Waals surface area contributed by atoms with Crippen molar-refractivity contribution in [3.05, 3.63) is 35.6 Å². The summed E-state index contributed by atoms with van der Waals surface area (Å²) in [4.78, 5) is 12.1. The number of oxime groups is 1. The molecule has 1 saturated carbocycles. The number of rotatable bonds is 4. The van der Waals surface area contributed by atoms with Gasteiger partial charge in [0.1, 0.15) is 11.4 Å². The van der Waals surface area contributed by atoms with Crippen molar-refractivity contribution in [1.82, 2.24) is 5.32 Å². The second-order valence-corrected chi connectivity index (χ2v) is 5.13. The summed E-state index contributed by atoms with van der Waals surface area (Å²) < 4.78 is 13.1. The fourth-order valence-corrected chi connectivity index (χ4v) is 2.66. The molecule has 0 saturated heterocycles. The van der Waals surface area contributed by atoms with Gasteiger partial charge >= 0.3 is 0 Å². The van der Waals surface area contributed by atoms with E-state index in [1.807, 2.05) is 0 Å². The zero-order valence-electron chi connectivity index (χ0n) is 11.1. The molecular weight excluding hydrogens is 261 g/mol. The third-order valence-corrected chi connectivity index (χ3v) is 3.69. The van der Waals surface area contributed by atoms with Crippen LogP contribution in [0.2, 0.25) is 0 Å². The van der Waals surface area contributed by atoms with Gasteiger partial charge in [-0.15, -0.1) is 0 Å². The molecule has 0 unspecified atom stereocenters. The molecule has 1 aromatic rings. The van der Waals surface area contributed by atoms with Crippen LogP contribution >= 0.6 is 0 Å². The van der Waals surface area contributed by atoms with Crippen LogP contribution < -0.4 is 11.1 Å². The molecule has 1 fully saturated rings. The van der Waals surface area contributed by atoms with E-state index in [9.17, 15) is 9.18 Å². The van der Waals surface area contributed by atoms with E-state index < -0.39 is 5.54 Å². The van der Waals surface area contributed by atoms with Gasteiger partial charge in [-0.2, -0.15) is 0 Å². The van der Waals surface area contributed by atoms with Crippen molar-refractivity contribution in [3.63, 3.8) is 0 Å². The third kappa shape index (κ3) is 3.07. The number of nitrogens with two attached hydrogens (primary N) is 1. The predicted octanol–water partition coefficient (Wildman–Crippen LogP) is 1.54. The summed E-state index contributed by atoms with van der Waals surface area (Å²) in [5.41, 5.74) is 5.53. The summed E-state index contributed by atoms with van der Waals surface area (Å²) in [5.74, 6) is -0.603. The highest BCUT2D eigenvalue weighted by atomic mass is 19.1. The standard InChI is InChI=1S/C14H18FN3O2/c15-11-5-3-4-10(8-11)9-12(19)17-14(13(16)18-20)6-1-2-7-14/h3-5,8,20H,1-2,6-7,9H2,(H2,16,18)(H,17,19). The Balaban J connectivity index is 2.06. The van der Waals surface area contributed by atoms with Crippen molar-refractivity contribution in [1.29, 1.82) is 0 Å². The van der Waals surface area contributed by atoms with Crippen molar-refractivity contribution < 1.29 is 14.4 Å². The Labute approximate surface area is 116 Å². The Hall–Kier alpha value is -2.11. The summed E-state index contributed by atoms with van der Waals surface area (Å²) >= 11 is 0. The number of amides is 1. The smallest absolute Gasteiger partial charge is 0.225 e. The van der Waals surface area contributed by atoms with Gasteiger partial charge in [0.25, 0.3) is 0 Å². The largest absolute Gasteiger partial charge is 0.409 e. The van der Waals surface area contributed by atoms with Crippen LogP contribution in [0.4, 0.5) is 4.39 Å². The van der Waals surface area contributed by atoms with Crippen LogP contribution in [0.5, 0.6) is 0 Å². The summed E-state index contributed by atoms with van der Waals surface area (Å²) in [7, 11) is 0. The van der Waals surface area contributed by atoms with E-state index in [2.05, 4.69) is 10.5 Å². The molecule has 4 N–H and O–H groups in total. The molecule has 1 amide bonds. The second-order valence-electron chi connectivity index (χ2n) is 5.13. The van der Waals surface area contributed by atoms with Crippen LogP contribution in [0, 0.1) is 5.82 Å². The lowest BCUT2D eigenvalue weighted by Crippen LogP contribution is -2.56. The van der Waals surface area contributed by atoms with E-state index >= 15 is 0 Å². The molecule has 0 aliphatic heterocycles. The van der Waals surface area contributed by atoms with Crippen molar-refractivity contribution in [3.8, 4) is 0 Å². The first-order chi connectivity index (χ1) is 9.55. The molecule has 0 heterocycles. The maximum atomic E-state index is 13.1. The van der Waals surface area contributed by atoms with Crippen LogP contribution in [0.25, 0.3) is 0 Å². The molecule has 6 heteroatoms. The third-order valence-electron chi connectivity index (χ3n) is 3.69. The van der Waals surface area contributed by atoms with Crippen LogP contribution in [-0.2, 0) is 11.2 Å². The zero-order chi connectivity index (χ0) is 14.6. The van der Waals surface area contributed by atoms with E-state index in [4.69, 9.17) is 10.9 Å². The molecular formula is C14H18FN3O2. The number of hydrogen-bond acceptors (Lipinski definition) is 3. The molecule has 1 aromatic carbocycles. The first-order valence-electron chi connectivity index (χ1n) is 6.59. The summed E-state index contributed by atoms with van der Waals surface area (Å²) in [5, 5.41) is 14.7. The van der Waals surface area contributed by atoms with Gasteiger partial charge in [-0.3, -0.25) is 4.79 Å². The van der Waals surface area contributed by atoms with E-state index in [1.54, 1.807) is 12.1 Å². The van der Waals surface area contributed by atoms with Gasteiger partial charge in [0.15, 0.2) is 5.84 Å². The van der Waals surface area contributed by atoms with Gasteiger partial charge in [0, 0.05) is 0 Å². The Bertz CT molecular complexity index is 525. The maximum Gasteiger partial charge on any atom is 0.225 e. The number of benzene rings is 1. The Morgan fingerprint density at radius 3 is 2.75 bits per heavy atom. The Morgan fingerprint density at radius 2 is 2.15 bits per heavy atom. The van der Waals surface area contributed by atoms with Crippen LogP contribution in [-0.4, -0.2) is 22.5 Å². The molecule has 5 nitrogen and oxygen atoms in total. The van der Waals surface area contributed by atoms with Crippen molar-refractivity contribution in [2.45, 2.75) is 37.6 Å². The van der Waals surface area contributed by atoms with E-state index in [0.717, 1.165) is 12.8 Å². The fourth-order valence-electron chi connectivity index (χ4n) is 2.66. The number of nitrogens with one attached hydrogen (secondary N) is 1. The van der Waals surface area contributed by atoms with Gasteiger partial charge in [-0.25, -0.2) is 4.39 Å². The monoisotopic (exact) mass is 279 g/mol. The van der Waals surface area contributed by atoms with Gasteiger partial charge < -0.3 is 16.3 Å². The highest BCUT2D eigenvalue weighted by Gasteiger charge is 2.39. The number of halogens is 1. The molecule has 2 rings (SSSR count). The topological polar surface area (TPSA) is 87.7 Å². The molecule has 0 bridgehead atoms. The molecule has 0 atom stereocenters. The second kappa shape index (κ2) is 5.90. The average molecular weight is 279 g/mol. The molecule has 0 spiro atoms. The molecule has 0 radical (unpaired) electrons. The SMILES string of the molecule is N/C(=N/O)C1(NC(=O)Cc2cccc(F)c2)CCCC1. The van der Waals surface area contributed by atoms with Gasteiger partial charge in [0.05, 0.1) is 6.42 Å². The quantitative estimate of drug-likeness (QED) is 0.338. The fraction of sp³-hybridized carbons (Fsp3) is 0.429. The van der Waals surface area contributed by atoms with Gasteiger partial charge in [-0.1, -0.05) is 30.1 Å². The zero-order valence-corrected chi connectivity index (χ0v) is 11.1. The number of hydrogen-bond donors (Lipinski definition) is 3. The van der Waals surface area contributed by atoms with Crippen molar-refractivity contribution >= 4 is 11.7 Å². The van der Waals surface area contributed by atoms with Crippen LogP contribution in [0.3, 0.4) is 0 Å². The molecule has 20 heavy (non-hydrogen) atoms. The normalized spacial score (nSPS) is 17.9. The number of nitrogens with zero attached hydrogens (tertiary/aromatic N) is 1. The average Bonchev–Trinajstić information content (AvgIpc) is 2.87. The lowest BCUT2D eigenvalue weighted by Gasteiger charge is -2.28. The number of amidine groups is 1. The van der Waals surface area contributed by atoms with E-state index in [-0.39, 0.29) is 24.0 Å². The molecule has 0 aromatic heterocycles. The molecule has 1 aliphatic rings. The van der Waals surface area contributed by atoms with Gasteiger partial charge in [0.2, 0.25) is 5.91 Å². The van der Waals surface area contributed by atoms with Crippen molar-refractivity contribution in [2.75, 3.05) is 0 Å². The number of carbonyl (C=O) groups is 1. The summed E-state index contributed by atoms with van der Waals surface area (Å²) in [6.45, 7) is 0. The van der Waals surface area contributed by atoms with E-state index in [1.165, 1.54) is 12.1 Å². The van der Waals surface area contributed by atoms with Crippen LogP contribution in [0.1, 0.15) is 31.2 Å². The first-order valence-corrected chi connectivity index (χ1v) is 6.59. The van der Waals surface area contributed by atoms with Crippen molar-refractivity contribution in [2.24, 2.45) is 10.9 Å². The summed E-state index contributed by atoms with van der Waals surface area (Å²) in [6.07, 6.45) is 3.20. The molecule has 1 aliphatic carbocycles. The molecule has 108 valence electrons.